The lowest BCUT2D eigenvalue weighted by Crippen LogP contribution is -2.58. The van der Waals surface area contributed by atoms with Gasteiger partial charge >= 0.3 is 0 Å². The highest BCUT2D eigenvalue weighted by atomic mass is 15.2. The monoisotopic (exact) mass is 186 g/mol. The molecule has 0 N–H and O–H groups in total. The van der Waals surface area contributed by atoms with Crippen molar-refractivity contribution in [3.8, 4) is 6.07 Å². The second-order valence-electron chi connectivity index (χ2n) is 3.92. The molecule has 0 radical (unpaired) electrons. The van der Waals surface area contributed by atoms with Gasteiger partial charge in [0.1, 0.15) is 6.04 Å². The van der Waals surface area contributed by atoms with Crippen LogP contribution < -0.4 is 0 Å². The maximum Gasteiger partial charge on any atom is 0.106 e. The van der Waals surface area contributed by atoms with Gasteiger partial charge in [-0.25, -0.2) is 0 Å². The molecule has 0 bridgehead atoms. The Morgan fingerprint density at radius 3 is 2.50 bits per heavy atom. The van der Waals surface area contributed by atoms with Crippen LogP contribution in [0.15, 0.2) is 30.3 Å². The van der Waals surface area contributed by atoms with Gasteiger partial charge in [-0.2, -0.15) is 5.26 Å². The van der Waals surface area contributed by atoms with Gasteiger partial charge in [0.2, 0.25) is 0 Å². The molecule has 1 aromatic carbocycles. The normalized spacial score (nSPS) is 31.9. The van der Waals surface area contributed by atoms with Gasteiger partial charge in [-0.15, -0.1) is 0 Å². The van der Waals surface area contributed by atoms with Crippen LogP contribution in [0.5, 0.6) is 0 Å². The van der Waals surface area contributed by atoms with Gasteiger partial charge in [0.05, 0.1) is 6.07 Å². The first kappa shape index (κ1) is 9.23. The van der Waals surface area contributed by atoms with E-state index in [-0.39, 0.29) is 6.04 Å². The molecule has 2 rings (SSSR count). The zero-order valence-electron chi connectivity index (χ0n) is 8.51. The minimum atomic E-state index is 0.0485. The van der Waals surface area contributed by atoms with E-state index in [4.69, 9.17) is 5.26 Å². The molecule has 1 saturated heterocycles. The Morgan fingerprint density at radius 2 is 1.93 bits per heavy atom. The molecular formula is C12H14N2. The van der Waals surface area contributed by atoms with E-state index in [0.717, 1.165) is 0 Å². The van der Waals surface area contributed by atoms with Gasteiger partial charge in [0, 0.05) is 12.0 Å². The Bertz CT molecular complexity index is 352. The van der Waals surface area contributed by atoms with Crippen LogP contribution >= 0.6 is 0 Å². The van der Waals surface area contributed by atoms with Crippen LogP contribution in [-0.2, 0) is 0 Å². The summed E-state index contributed by atoms with van der Waals surface area (Å²) in [6, 6.07) is 13.2. The van der Waals surface area contributed by atoms with Crippen LogP contribution in [-0.4, -0.2) is 24.0 Å². The zero-order chi connectivity index (χ0) is 10.1. The molecule has 1 aromatic rings. The Morgan fingerprint density at radius 1 is 1.29 bits per heavy atom. The Kier molecular flexibility index (Phi) is 2.26. The lowest BCUT2D eigenvalue weighted by Gasteiger charge is -2.48. The zero-order valence-corrected chi connectivity index (χ0v) is 8.51. The number of nitriles is 1. The van der Waals surface area contributed by atoms with Crippen LogP contribution in [0.25, 0.3) is 0 Å². The molecule has 0 aromatic heterocycles. The minimum Gasteiger partial charge on any atom is -0.287 e. The van der Waals surface area contributed by atoms with E-state index in [0.29, 0.717) is 12.0 Å². The summed E-state index contributed by atoms with van der Waals surface area (Å²) in [6.07, 6.45) is 0. The molecule has 0 unspecified atom stereocenters. The molecule has 0 saturated carbocycles. The van der Waals surface area contributed by atoms with Crippen molar-refractivity contribution in [3.63, 3.8) is 0 Å². The Hall–Kier alpha value is -1.33. The molecule has 1 heterocycles. The van der Waals surface area contributed by atoms with Gasteiger partial charge in [-0.05, 0) is 19.5 Å². The molecule has 2 nitrogen and oxygen atoms in total. The van der Waals surface area contributed by atoms with Crippen molar-refractivity contribution in [1.82, 2.24) is 4.90 Å². The molecule has 3 atom stereocenters. The highest BCUT2D eigenvalue weighted by Crippen LogP contribution is 2.38. The fourth-order valence-electron chi connectivity index (χ4n) is 2.23. The van der Waals surface area contributed by atoms with E-state index in [1.165, 1.54) is 5.56 Å². The fraction of sp³-hybridized carbons (Fsp3) is 0.417. The molecule has 0 aliphatic carbocycles. The molecule has 1 aliphatic rings. The number of hydrogen-bond donors (Lipinski definition) is 0. The maximum absolute atomic E-state index is 9.01. The predicted molar refractivity (Wildman–Crippen MR) is 55.8 cm³/mol. The quantitative estimate of drug-likeness (QED) is 0.670. The topological polar surface area (TPSA) is 27.0 Å². The molecule has 1 aliphatic heterocycles. The average Bonchev–Trinajstić information content (AvgIpc) is 2.25. The summed E-state index contributed by atoms with van der Waals surface area (Å²) in [6.45, 7) is 2.17. The lowest BCUT2D eigenvalue weighted by molar-refractivity contribution is 0.0587. The number of likely N-dealkylation sites (N-methyl/N-ethyl adjacent to an activating group) is 1. The summed E-state index contributed by atoms with van der Waals surface area (Å²) < 4.78 is 0. The summed E-state index contributed by atoms with van der Waals surface area (Å²) in [5.41, 5.74) is 1.28. The van der Waals surface area contributed by atoms with Crippen molar-refractivity contribution in [1.29, 1.82) is 5.26 Å². The number of rotatable bonds is 1. The van der Waals surface area contributed by atoms with Gasteiger partial charge in [0.25, 0.3) is 0 Å². The first-order valence-corrected chi connectivity index (χ1v) is 4.92. The van der Waals surface area contributed by atoms with Crippen LogP contribution in [0.4, 0.5) is 0 Å². The van der Waals surface area contributed by atoms with E-state index in [9.17, 15) is 0 Å². The summed E-state index contributed by atoms with van der Waals surface area (Å²) in [4.78, 5) is 2.12. The standard InChI is InChI=1S/C12H14N2/c1-9-12(11(8-13)14(9)2)10-6-4-3-5-7-10/h3-7,9,11-12H,1-2H3/t9-,11+,12+/m0/s1. The molecule has 1 fully saturated rings. The van der Waals surface area contributed by atoms with Crippen LogP contribution in [0.1, 0.15) is 18.4 Å². The largest absolute Gasteiger partial charge is 0.287 e. The number of hydrogen-bond acceptors (Lipinski definition) is 2. The predicted octanol–water partition coefficient (Wildman–Crippen LogP) is 2.00. The number of nitrogens with zero attached hydrogens (tertiary/aromatic N) is 2. The number of benzene rings is 1. The lowest BCUT2D eigenvalue weighted by atomic mass is 9.77. The third-order valence-corrected chi connectivity index (χ3v) is 3.26. The molecule has 72 valence electrons. The molecule has 14 heavy (non-hydrogen) atoms. The summed E-state index contributed by atoms with van der Waals surface area (Å²) in [7, 11) is 2.01. The Balaban J connectivity index is 2.25. The van der Waals surface area contributed by atoms with Crippen LogP contribution in [0.3, 0.4) is 0 Å². The van der Waals surface area contributed by atoms with E-state index < -0.39 is 0 Å². The van der Waals surface area contributed by atoms with Crippen LogP contribution in [0.2, 0.25) is 0 Å². The highest BCUT2D eigenvalue weighted by Gasteiger charge is 2.44. The second-order valence-corrected chi connectivity index (χ2v) is 3.92. The van der Waals surface area contributed by atoms with Crippen molar-refractivity contribution >= 4 is 0 Å². The van der Waals surface area contributed by atoms with Gasteiger partial charge in [0.15, 0.2) is 0 Å². The first-order valence-electron chi connectivity index (χ1n) is 4.92. The third kappa shape index (κ3) is 1.21. The van der Waals surface area contributed by atoms with E-state index >= 15 is 0 Å². The first-order chi connectivity index (χ1) is 6.75. The number of likely N-dealkylation sites (tertiary alicyclic amines) is 1. The molecule has 2 heteroatoms. The molecule has 0 spiro atoms. The van der Waals surface area contributed by atoms with Crippen molar-refractivity contribution in [2.45, 2.75) is 24.9 Å². The minimum absolute atomic E-state index is 0.0485. The fourth-order valence-corrected chi connectivity index (χ4v) is 2.23. The average molecular weight is 186 g/mol. The van der Waals surface area contributed by atoms with Crippen molar-refractivity contribution < 1.29 is 0 Å². The smallest absolute Gasteiger partial charge is 0.106 e. The van der Waals surface area contributed by atoms with Crippen molar-refractivity contribution in [3.05, 3.63) is 35.9 Å². The van der Waals surface area contributed by atoms with Crippen molar-refractivity contribution in [2.24, 2.45) is 0 Å². The third-order valence-electron chi connectivity index (χ3n) is 3.26. The molecular weight excluding hydrogens is 172 g/mol. The van der Waals surface area contributed by atoms with Crippen LogP contribution in [0, 0.1) is 11.3 Å². The Labute approximate surface area is 84.8 Å². The van der Waals surface area contributed by atoms with Gasteiger partial charge < -0.3 is 0 Å². The summed E-state index contributed by atoms with van der Waals surface area (Å²) in [5.74, 6) is 0.381. The summed E-state index contributed by atoms with van der Waals surface area (Å²) >= 11 is 0. The van der Waals surface area contributed by atoms with E-state index in [1.807, 2.05) is 25.2 Å². The van der Waals surface area contributed by atoms with E-state index in [2.05, 4.69) is 30.0 Å². The SMILES string of the molecule is C[C@H]1[C@H](c2ccccc2)[C@@H](C#N)N1C. The van der Waals surface area contributed by atoms with Gasteiger partial charge in [-0.1, -0.05) is 30.3 Å². The second kappa shape index (κ2) is 3.43. The molecule has 0 amide bonds. The van der Waals surface area contributed by atoms with E-state index in [1.54, 1.807) is 0 Å². The maximum atomic E-state index is 9.01. The highest BCUT2D eigenvalue weighted by molar-refractivity contribution is 5.30. The van der Waals surface area contributed by atoms with Gasteiger partial charge in [-0.3, -0.25) is 4.90 Å². The summed E-state index contributed by atoms with van der Waals surface area (Å²) in [5, 5.41) is 9.01. The van der Waals surface area contributed by atoms with Crippen molar-refractivity contribution in [2.75, 3.05) is 7.05 Å².